The van der Waals surface area contributed by atoms with E-state index in [4.69, 9.17) is 14.2 Å². The average Bonchev–Trinajstić information content (AvgIpc) is 3.08. The van der Waals surface area contributed by atoms with Crippen LogP contribution < -0.4 is 19.7 Å². The number of amides is 1. The molecule has 0 radical (unpaired) electrons. The predicted molar refractivity (Wildman–Crippen MR) is 96.1 cm³/mol. The highest BCUT2D eigenvalue weighted by Crippen LogP contribution is 2.37. The molecular formula is C19H25N2O6+. The van der Waals surface area contributed by atoms with Gasteiger partial charge in [0.1, 0.15) is 5.92 Å². The summed E-state index contributed by atoms with van der Waals surface area (Å²) in [5.41, 5.74) is 0.792. The van der Waals surface area contributed by atoms with Crippen molar-refractivity contribution in [2.24, 2.45) is 5.92 Å². The number of ketones is 1. The molecule has 0 spiro atoms. The maximum atomic E-state index is 12.5. The van der Waals surface area contributed by atoms with Gasteiger partial charge in [0.05, 0.1) is 25.4 Å². The molecule has 0 saturated carbocycles. The molecule has 2 atom stereocenters. The lowest BCUT2D eigenvalue weighted by Crippen LogP contribution is -3.14. The summed E-state index contributed by atoms with van der Waals surface area (Å²) in [5.74, 6) is 0.261. The molecule has 8 nitrogen and oxygen atoms in total. The number of fused-ring (bicyclic) bond motifs is 1. The number of ether oxygens (including phenoxy) is 3. The number of hydrogen-bond acceptors (Lipinski definition) is 6. The van der Waals surface area contributed by atoms with E-state index >= 15 is 0 Å². The molecular weight excluding hydrogens is 352 g/mol. The zero-order chi connectivity index (χ0) is 19.4. The number of likely N-dealkylation sites (tertiary alicyclic amines) is 1. The van der Waals surface area contributed by atoms with Crippen molar-refractivity contribution in [2.45, 2.75) is 26.7 Å². The molecule has 2 heterocycles. The highest BCUT2D eigenvalue weighted by molar-refractivity contribution is 6.04. The van der Waals surface area contributed by atoms with E-state index in [0.29, 0.717) is 35.9 Å². The van der Waals surface area contributed by atoms with Crippen LogP contribution in [0.5, 0.6) is 11.5 Å². The van der Waals surface area contributed by atoms with E-state index in [9.17, 15) is 14.4 Å². The molecule has 2 aliphatic heterocycles. The van der Waals surface area contributed by atoms with Crippen molar-refractivity contribution in [1.29, 1.82) is 0 Å². The van der Waals surface area contributed by atoms with E-state index < -0.39 is 0 Å². The third-order valence-electron chi connectivity index (χ3n) is 4.81. The fourth-order valence-corrected chi connectivity index (χ4v) is 3.53. The Kier molecular flexibility index (Phi) is 5.95. The lowest BCUT2D eigenvalue weighted by atomic mass is 9.98. The molecule has 1 amide bonds. The van der Waals surface area contributed by atoms with Crippen LogP contribution in [0.2, 0.25) is 0 Å². The van der Waals surface area contributed by atoms with Crippen molar-refractivity contribution in [1.82, 2.24) is 0 Å². The highest BCUT2D eigenvalue weighted by Gasteiger charge is 2.31. The van der Waals surface area contributed by atoms with Gasteiger partial charge in [0.15, 0.2) is 23.8 Å². The first-order valence-corrected chi connectivity index (χ1v) is 9.22. The maximum Gasteiger partial charge on any atom is 0.314 e. The Bertz CT molecular complexity index is 748. The van der Waals surface area contributed by atoms with Gasteiger partial charge < -0.3 is 24.4 Å². The van der Waals surface area contributed by atoms with Gasteiger partial charge in [-0.2, -0.15) is 0 Å². The van der Waals surface area contributed by atoms with Crippen LogP contribution in [-0.2, 0) is 14.3 Å². The minimum atomic E-state index is -0.212. The topological polar surface area (TPSA) is 95.4 Å². The summed E-state index contributed by atoms with van der Waals surface area (Å²) in [6.45, 7) is 5.31. The van der Waals surface area contributed by atoms with Crippen molar-refractivity contribution in [3.63, 3.8) is 0 Å². The van der Waals surface area contributed by atoms with Crippen LogP contribution in [0, 0.1) is 5.92 Å². The van der Waals surface area contributed by atoms with E-state index in [-0.39, 0.29) is 36.9 Å². The predicted octanol–water partition coefficient (Wildman–Crippen LogP) is 0.414. The number of carbonyl (C=O) groups excluding carboxylic acids is 3. The van der Waals surface area contributed by atoms with Crippen LogP contribution in [0.3, 0.4) is 0 Å². The summed E-state index contributed by atoms with van der Waals surface area (Å²) in [4.78, 5) is 37.4. The standard InChI is InChI=1S/C19H24N2O6/c1-3-25-19(24)13-5-4-6-21(9-13)10-18(23)20-15-8-17-16(26-11-27-17)7-14(15)12(2)22/h7-8,13H,3-6,9-11H2,1-2H3,(H,20,23)/p+1/t13-/m1/s1. The molecule has 0 aromatic heterocycles. The molecule has 2 N–H and O–H groups in total. The molecule has 3 rings (SSSR count). The van der Waals surface area contributed by atoms with Crippen LogP contribution in [-0.4, -0.2) is 50.7 Å². The zero-order valence-electron chi connectivity index (χ0n) is 15.6. The Balaban J connectivity index is 1.64. The normalized spacial score (nSPS) is 20.8. The van der Waals surface area contributed by atoms with Gasteiger partial charge in [-0.3, -0.25) is 14.4 Å². The Labute approximate surface area is 157 Å². The SMILES string of the molecule is CCOC(=O)[C@@H]1CCC[NH+](CC(=O)Nc2cc3c(cc2C(C)=O)OCO3)C1. The Morgan fingerprint density at radius 3 is 2.70 bits per heavy atom. The summed E-state index contributed by atoms with van der Waals surface area (Å²) >= 11 is 0. The number of esters is 1. The summed E-state index contributed by atoms with van der Waals surface area (Å²) in [6, 6.07) is 3.20. The monoisotopic (exact) mass is 377 g/mol. The second-order valence-electron chi connectivity index (χ2n) is 6.83. The number of hydrogen-bond donors (Lipinski definition) is 2. The van der Waals surface area contributed by atoms with Crippen molar-refractivity contribution in [3.8, 4) is 11.5 Å². The molecule has 1 fully saturated rings. The minimum Gasteiger partial charge on any atom is -0.466 e. The summed E-state index contributed by atoms with van der Waals surface area (Å²) in [7, 11) is 0. The summed E-state index contributed by atoms with van der Waals surface area (Å²) in [6.07, 6.45) is 1.66. The van der Waals surface area contributed by atoms with Gasteiger partial charge in [0, 0.05) is 11.6 Å². The summed E-state index contributed by atoms with van der Waals surface area (Å²) < 4.78 is 15.7. The van der Waals surface area contributed by atoms with Crippen LogP contribution in [0.1, 0.15) is 37.0 Å². The van der Waals surface area contributed by atoms with Gasteiger partial charge in [-0.25, -0.2) is 0 Å². The molecule has 1 unspecified atom stereocenters. The van der Waals surface area contributed by atoms with E-state index in [2.05, 4.69) is 5.32 Å². The number of benzene rings is 1. The van der Waals surface area contributed by atoms with Gasteiger partial charge in [-0.05, 0) is 32.8 Å². The summed E-state index contributed by atoms with van der Waals surface area (Å²) in [5, 5.41) is 2.81. The third kappa shape index (κ3) is 4.57. The number of Topliss-reactive ketones (excluding diaryl/α,β-unsaturated/α-hetero) is 1. The number of piperidine rings is 1. The van der Waals surface area contributed by atoms with E-state index in [0.717, 1.165) is 24.3 Å². The van der Waals surface area contributed by atoms with Crippen LogP contribution in [0.15, 0.2) is 12.1 Å². The second kappa shape index (κ2) is 8.39. The Morgan fingerprint density at radius 2 is 2.00 bits per heavy atom. The zero-order valence-corrected chi connectivity index (χ0v) is 15.6. The minimum absolute atomic E-state index is 0.0945. The van der Waals surface area contributed by atoms with E-state index in [1.54, 1.807) is 19.1 Å². The average molecular weight is 377 g/mol. The molecule has 27 heavy (non-hydrogen) atoms. The number of nitrogens with one attached hydrogen (secondary N) is 2. The number of rotatable bonds is 6. The first kappa shape index (κ1) is 19.2. The largest absolute Gasteiger partial charge is 0.466 e. The van der Waals surface area contributed by atoms with Gasteiger partial charge in [-0.1, -0.05) is 0 Å². The van der Waals surface area contributed by atoms with Crippen molar-refractivity contribution in [3.05, 3.63) is 17.7 Å². The van der Waals surface area contributed by atoms with E-state index in [1.165, 1.54) is 6.92 Å². The van der Waals surface area contributed by atoms with Gasteiger partial charge in [-0.15, -0.1) is 0 Å². The van der Waals surface area contributed by atoms with Gasteiger partial charge in [0.25, 0.3) is 5.91 Å². The highest BCUT2D eigenvalue weighted by atomic mass is 16.7. The Morgan fingerprint density at radius 1 is 1.26 bits per heavy atom. The van der Waals surface area contributed by atoms with Crippen molar-refractivity contribution < 1.29 is 33.5 Å². The number of quaternary nitrogens is 1. The number of carbonyl (C=O) groups is 3. The quantitative estimate of drug-likeness (QED) is 0.551. The molecule has 1 aromatic rings. The van der Waals surface area contributed by atoms with Crippen LogP contribution >= 0.6 is 0 Å². The fourth-order valence-electron chi connectivity index (χ4n) is 3.53. The molecule has 146 valence electrons. The second-order valence-corrected chi connectivity index (χ2v) is 6.83. The fraction of sp³-hybridized carbons (Fsp3) is 0.526. The lowest BCUT2D eigenvalue weighted by Gasteiger charge is -2.28. The maximum absolute atomic E-state index is 12.5. The van der Waals surface area contributed by atoms with Crippen LogP contribution in [0.4, 0.5) is 5.69 Å². The Hall–Kier alpha value is -2.61. The smallest absolute Gasteiger partial charge is 0.314 e. The van der Waals surface area contributed by atoms with E-state index in [1.807, 2.05) is 0 Å². The third-order valence-corrected chi connectivity index (χ3v) is 4.81. The van der Waals surface area contributed by atoms with Crippen LogP contribution in [0.25, 0.3) is 0 Å². The molecule has 1 aromatic carbocycles. The van der Waals surface area contributed by atoms with Gasteiger partial charge >= 0.3 is 5.97 Å². The number of anilines is 1. The molecule has 0 aliphatic carbocycles. The molecule has 8 heteroatoms. The lowest BCUT2D eigenvalue weighted by molar-refractivity contribution is -0.899. The van der Waals surface area contributed by atoms with Crippen molar-refractivity contribution >= 4 is 23.3 Å². The molecule has 1 saturated heterocycles. The van der Waals surface area contributed by atoms with Gasteiger partial charge in [0.2, 0.25) is 6.79 Å². The van der Waals surface area contributed by atoms with Crippen molar-refractivity contribution in [2.75, 3.05) is 38.4 Å². The molecule has 0 bridgehead atoms. The first-order valence-electron chi connectivity index (χ1n) is 9.22. The first-order chi connectivity index (χ1) is 13.0. The molecule has 2 aliphatic rings.